The number of hydrogen-bond donors (Lipinski definition) is 0. The van der Waals surface area contributed by atoms with Gasteiger partial charge in [0, 0.05) is 50.6 Å². The number of halogens is 1. The molecule has 2 aliphatic heterocycles. The van der Waals surface area contributed by atoms with Gasteiger partial charge in [-0.05, 0) is 67.0 Å². The van der Waals surface area contributed by atoms with Crippen LogP contribution in [0.1, 0.15) is 63.4 Å². The van der Waals surface area contributed by atoms with E-state index in [2.05, 4.69) is 16.4 Å². The highest BCUT2D eigenvalue weighted by Gasteiger charge is 2.24. The molecule has 7 nitrogen and oxygen atoms in total. The zero-order valence-electron chi connectivity index (χ0n) is 23.1. The first-order valence-corrected chi connectivity index (χ1v) is 14.6. The zero-order valence-corrected chi connectivity index (χ0v) is 23.1. The number of piperidine rings is 1. The van der Waals surface area contributed by atoms with Gasteiger partial charge in [-0.3, -0.25) is 14.0 Å². The van der Waals surface area contributed by atoms with Crippen LogP contribution in [-0.2, 0) is 11.3 Å². The van der Waals surface area contributed by atoms with Crippen molar-refractivity contribution in [3.8, 4) is 11.3 Å². The number of nitrogens with zero attached hydrogens (tertiary/aromatic N) is 5. The monoisotopic (exact) mass is 541 g/mol. The molecule has 0 radical (unpaired) electrons. The molecule has 0 aliphatic carbocycles. The second kappa shape index (κ2) is 11.3. The highest BCUT2D eigenvalue weighted by atomic mass is 19.1. The van der Waals surface area contributed by atoms with Gasteiger partial charge in [0.25, 0.3) is 5.56 Å². The molecule has 0 atom stereocenters. The van der Waals surface area contributed by atoms with E-state index in [0.29, 0.717) is 23.9 Å². The molecule has 2 saturated heterocycles. The van der Waals surface area contributed by atoms with Crippen molar-refractivity contribution in [1.82, 2.24) is 14.0 Å². The molecule has 6 rings (SSSR count). The fourth-order valence-corrected chi connectivity index (χ4v) is 6.12. The number of rotatable bonds is 8. The van der Waals surface area contributed by atoms with Gasteiger partial charge >= 0.3 is 0 Å². The van der Waals surface area contributed by atoms with Crippen molar-refractivity contribution in [3.05, 3.63) is 82.5 Å². The average Bonchev–Trinajstić information content (AvgIpc) is 3.57. The third kappa shape index (κ3) is 5.15. The van der Waals surface area contributed by atoms with Crippen LogP contribution in [0.2, 0.25) is 0 Å². The van der Waals surface area contributed by atoms with Crippen LogP contribution in [0.15, 0.2) is 65.6 Å². The topological polar surface area (TPSA) is 62.9 Å². The van der Waals surface area contributed by atoms with Crippen LogP contribution in [0.25, 0.3) is 17.0 Å². The van der Waals surface area contributed by atoms with Gasteiger partial charge < -0.3 is 14.4 Å². The molecule has 0 spiro atoms. The Balaban J connectivity index is 1.30. The van der Waals surface area contributed by atoms with E-state index in [1.165, 1.54) is 17.7 Å². The first kappa shape index (κ1) is 26.3. The number of carbonyl (C=O) groups excluding carboxylic acids is 1. The van der Waals surface area contributed by atoms with Crippen molar-refractivity contribution in [3.63, 3.8) is 0 Å². The van der Waals surface area contributed by atoms with Gasteiger partial charge in [0.2, 0.25) is 11.7 Å². The number of amides is 1. The van der Waals surface area contributed by atoms with Crippen molar-refractivity contribution in [1.29, 1.82) is 0 Å². The number of benzene rings is 2. The molecular formula is C32H36FN5O2. The van der Waals surface area contributed by atoms with E-state index < -0.39 is 0 Å². The SMILES string of the molecule is CCCCCn1c(-c2ccc(N3CCCC3=O)cc2)cn2c(=O)cc(N3CCC(c4ccc(F)cc4)CC3)nc12. The third-order valence-electron chi connectivity index (χ3n) is 8.40. The molecule has 2 fully saturated rings. The molecule has 0 saturated carbocycles. The maximum absolute atomic E-state index is 13.4. The highest BCUT2D eigenvalue weighted by Crippen LogP contribution is 2.31. The summed E-state index contributed by atoms with van der Waals surface area (Å²) in [7, 11) is 0. The number of fused-ring (bicyclic) bond motifs is 1. The Hall–Kier alpha value is -3.94. The lowest BCUT2D eigenvalue weighted by molar-refractivity contribution is -0.117. The maximum Gasteiger partial charge on any atom is 0.261 e. The molecule has 0 bridgehead atoms. The summed E-state index contributed by atoms with van der Waals surface area (Å²) in [5.74, 6) is 1.72. The summed E-state index contributed by atoms with van der Waals surface area (Å²) in [6.07, 6.45) is 8.47. The van der Waals surface area contributed by atoms with Crippen LogP contribution in [-0.4, -0.2) is 39.5 Å². The largest absolute Gasteiger partial charge is 0.356 e. The van der Waals surface area contributed by atoms with Crippen molar-refractivity contribution in [2.45, 2.75) is 64.3 Å². The fraction of sp³-hybridized carbons (Fsp3) is 0.406. The molecule has 208 valence electrons. The molecule has 1 amide bonds. The maximum atomic E-state index is 13.4. The first-order chi connectivity index (χ1) is 19.5. The molecule has 2 aromatic heterocycles. The lowest BCUT2D eigenvalue weighted by Crippen LogP contribution is -2.34. The van der Waals surface area contributed by atoms with Crippen molar-refractivity contribution >= 4 is 23.2 Å². The van der Waals surface area contributed by atoms with Crippen LogP contribution < -0.4 is 15.4 Å². The quantitative estimate of drug-likeness (QED) is 0.257. The van der Waals surface area contributed by atoms with E-state index in [4.69, 9.17) is 4.98 Å². The lowest BCUT2D eigenvalue weighted by atomic mass is 9.89. The van der Waals surface area contributed by atoms with E-state index >= 15 is 0 Å². The molecule has 8 heteroatoms. The van der Waals surface area contributed by atoms with Gasteiger partial charge in [-0.15, -0.1) is 0 Å². The van der Waals surface area contributed by atoms with E-state index in [0.717, 1.165) is 81.6 Å². The molecule has 0 unspecified atom stereocenters. The highest BCUT2D eigenvalue weighted by molar-refractivity contribution is 5.95. The summed E-state index contributed by atoms with van der Waals surface area (Å²) >= 11 is 0. The summed E-state index contributed by atoms with van der Waals surface area (Å²) in [6, 6.07) is 16.5. The van der Waals surface area contributed by atoms with Crippen LogP contribution in [0.5, 0.6) is 0 Å². The number of hydrogen-bond acceptors (Lipinski definition) is 4. The molecule has 4 aromatic rings. The number of anilines is 2. The van der Waals surface area contributed by atoms with Gasteiger partial charge in [0.05, 0.1) is 5.69 Å². The van der Waals surface area contributed by atoms with E-state index in [1.54, 1.807) is 10.5 Å². The Kier molecular flexibility index (Phi) is 7.41. The van der Waals surface area contributed by atoms with Gasteiger partial charge in [-0.1, -0.05) is 44.0 Å². The lowest BCUT2D eigenvalue weighted by Gasteiger charge is -2.33. The Morgan fingerprint density at radius 2 is 1.70 bits per heavy atom. The standard InChI is InChI=1S/C32H36FN5O2/c1-2-3-4-17-37-28(25-9-13-27(14-10-25)36-18-5-6-30(36)39)22-38-31(40)21-29(34-32(37)38)35-19-15-24(16-20-35)23-7-11-26(33)12-8-23/h7-14,21-22,24H,2-6,15-20H2,1H3. The van der Waals surface area contributed by atoms with Gasteiger partial charge in [0.1, 0.15) is 11.6 Å². The Morgan fingerprint density at radius 1 is 0.950 bits per heavy atom. The minimum absolute atomic E-state index is 0.0876. The summed E-state index contributed by atoms with van der Waals surface area (Å²) < 4.78 is 17.2. The van der Waals surface area contributed by atoms with Gasteiger partial charge in [-0.25, -0.2) is 4.39 Å². The molecule has 0 N–H and O–H groups in total. The third-order valence-corrected chi connectivity index (χ3v) is 8.40. The number of carbonyl (C=O) groups is 1. The molecule has 4 heterocycles. The minimum atomic E-state index is -0.210. The van der Waals surface area contributed by atoms with E-state index in [1.807, 2.05) is 47.5 Å². The predicted octanol–water partition coefficient (Wildman–Crippen LogP) is 6.00. The Bertz CT molecular complexity index is 1550. The Labute approximate surface area is 233 Å². The predicted molar refractivity (Wildman–Crippen MR) is 157 cm³/mol. The van der Waals surface area contributed by atoms with E-state index in [-0.39, 0.29) is 17.3 Å². The normalized spacial score (nSPS) is 16.4. The molecule has 40 heavy (non-hydrogen) atoms. The van der Waals surface area contributed by atoms with Crippen molar-refractivity contribution in [2.24, 2.45) is 0 Å². The number of aromatic nitrogens is 3. The summed E-state index contributed by atoms with van der Waals surface area (Å²) in [5, 5.41) is 0. The fourth-order valence-electron chi connectivity index (χ4n) is 6.12. The minimum Gasteiger partial charge on any atom is -0.356 e. The number of unbranched alkanes of at least 4 members (excludes halogenated alkanes) is 2. The summed E-state index contributed by atoms with van der Waals surface area (Å²) in [5.41, 5.74) is 3.95. The van der Waals surface area contributed by atoms with Crippen molar-refractivity contribution in [2.75, 3.05) is 29.4 Å². The van der Waals surface area contributed by atoms with Crippen LogP contribution >= 0.6 is 0 Å². The molecule has 2 aliphatic rings. The molecular weight excluding hydrogens is 505 g/mol. The second-order valence-corrected chi connectivity index (χ2v) is 11.0. The number of aryl methyl sites for hydroxylation is 1. The van der Waals surface area contributed by atoms with Gasteiger partial charge in [-0.2, -0.15) is 4.98 Å². The molecule has 2 aromatic carbocycles. The summed E-state index contributed by atoms with van der Waals surface area (Å²) in [6.45, 7) is 5.31. The second-order valence-electron chi connectivity index (χ2n) is 11.0. The van der Waals surface area contributed by atoms with Gasteiger partial charge in [0.15, 0.2) is 0 Å². The first-order valence-electron chi connectivity index (χ1n) is 14.6. The number of imidazole rings is 1. The Morgan fingerprint density at radius 3 is 2.38 bits per heavy atom. The van der Waals surface area contributed by atoms with Crippen LogP contribution in [0.4, 0.5) is 15.9 Å². The zero-order chi connectivity index (χ0) is 27.6. The van der Waals surface area contributed by atoms with Crippen molar-refractivity contribution < 1.29 is 9.18 Å². The average molecular weight is 542 g/mol. The van der Waals surface area contributed by atoms with Crippen LogP contribution in [0.3, 0.4) is 0 Å². The van der Waals surface area contributed by atoms with Crippen LogP contribution in [0, 0.1) is 5.82 Å². The van der Waals surface area contributed by atoms with E-state index in [9.17, 15) is 14.0 Å². The summed E-state index contributed by atoms with van der Waals surface area (Å²) in [4.78, 5) is 34.6. The smallest absolute Gasteiger partial charge is 0.261 e.